The normalized spacial score (nSPS) is 17.9. The van der Waals surface area contributed by atoms with Crippen molar-refractivity contribution in [1.29, 1.82) is 5.26 Å². The number of amides is 1. The molecule has 0 unspecified atom stereocenters. The summed E-state index contributed by atoms with van der Waals surface area (Å²) in [5, 5.41) is 12.9. The van der Waals surface area contributed by atoms with Crippen molar-refractivity contribution in [2.75, 3.05) is 5.75 Å². The van der Waals surface area contributed by atoms with Crippen LogP contribution in [0.5, 0.6) is 0 Å². The summed E-state index contributed by atoms with van der Waals surface area (Å²) in [5.41, 5.74) is 1.73. The van der Waals surface area contributed by atoms with E-state index in [1.807, 2.05) is 0 Å². The van der Waals surface area contributed by atoms with Gasteiger partial charge >= 0.3 is 0 Å². The van der Waals surface area contributed by atoms with Crippen LogP contribution in [-0.2, 0) is 11.2 Å². The number of pyridine rings is 1. The van der Waals surface area contributed by atoms with Gasteiger partial charge in [0.1, 0.15) is 11.1 Å². The topological polar surface area (TPSA) is 82.8 Å². The molecule has 1 saturated carbocycles. The first kappa shape index (κ1) is 17.0. The van der Waals surface area contributed by atoms with Gasteiger partial charge in [0.25, 0.3) is 0 Å². The van der Waals surface area contributed by atoms with Crippen molar-refractivity contribution in [3.05, 3.63) is 22.9 Å². The molecule has 24 heavy (non-hydrogen) atoms. The molecule has 5 nitrogen and oxygen atoms in total. The quantitative estimate of drug-likeness (QED) is 0.850. The fourth-order valence-corrected chi connectivity index (χ4v) is 4.14. The SMILES string of the molecule is N#Cc1cc2c(nc1SCC(=O)NC1CCCCC1)CCCC2=O. The number of Topliss-reactive ketones (excluding diaryl/α,β-unsaturated/α-hetero) is 1. The molecule has 1 fully saturated rings. The number of nitrogens with zero attached hydrogens (tertiary/aromatic N) is 2. The first-order chi connectivity index (χ1) is 11.7. The van der Waals surface area contributed by atoms with Crippen LogP contribution in [0.15, 0.2) is 11.1 Å². The predicted molar refractivity (Wildman–Crippen MR) is 92.0 cm³/mol. The van der Waals surface area contributed by atoms with E-state index in [9.17, 15) is 14.9 Å². The van der Waals surface area contributed by atoms with Crippen LogP contribution in [0, 0.1) is 11.3 Å². The zero-order valence-corrected chi connectivity index (χ0v) is 14.5. The average molecular weight is 343 g/mol. The summed E-state index contributed by atoms with van der Waals surface area (Å²) < 4.78 is 0. The van der Waals surface area contributed by atoms with E-state index >= 15 is 0 Å². The number of hydrogen-bond acceptors (Lipinski definition) is 5. The molecule has 126 valence electrons. The summed E-state index contributed by atoms with van der Waals surface area (Å²) in [6, 6.07) is 4.04. The summed E-state index contributed by atoms with van der Waals surface area (Å²) in [5.74, 6) is 0.309. The largest absolute Gasteiger partial charge is 0.353 e. The van der Waals surface area contributed by atoms with Gasteiger partial charge in [-0.05, 0) is 31.7 Å². The molecule has 0 aliphatic heterocycles. The van der Waals surface area contributed by atoms with Gasteiger partial charge < -0.3 is 5.32 Å². The Morgan fingerprint density at radius 3 is 2.83 bits per heavy atom. The van der Waals surface area contributed by atoms with Gasteiger partial charge in [-0.3, -0.25) is 9.59 Å². The van der Waals surface area contributed by atoms with E-state index in [0.29, 0.717) is 22.6 Å². The standard InChI is InChI=1S/C18H21N3O2S/c19-10-12-9-14-15(7-4-8-16(14)22)21-18(12)24-11-17(23)20-13-5-2-1-3-6-13/h9,13H,1-8,11H2,(H,20,23). The highest BCUT2D eigenvalue weighted by Gasteiger charge is 2.22. The monoisotopic (exact) mass is 343 g/mol. The number of rotatable bonds is 4. The van der Waals surface area contributed by atoms with Crippen LogP contribution in [-0.4, -0.2) is 28.5 Å². The van der Waals surface area contributed by atoms with E-state index in [4.69, 9.17) is 0 Å². The van der Waals surface area contributed by atoms with Crippen molar-refractivity contribution < 1.29 is 9.59 Å². The summed E-state index contributed by atoms with van der Waals surface area (Å²) in [6.07, 6.45) is 7.80. The number of thioether (sulfide) groups is 1. The Morgan fingerprint density at radius 2 is 2.08 bits per heavy atom. The average Bonchev–Trinajstić information content (AvgIpc) is 2.60. The number of carbonyl (C=O) groups is 2. The third-order valence-corrected chi connectivity index (χ3v) is 5.61. The minimum absolute atomic E-state index is 0.00798. The van der Waals surface area contributed by atoms with Gasteiger partial charge in [-0.2, -0.15) is 5.26 Å². The minimum Gasteiger partial charge on any atom is -0.353 e. The smallest absolute Gasteiger partial charge is 0.230 e. The number of hydrogen-bond donors (Lipinski definition) is 1. The molecule has 0 aromatic carbocycles. The van der Waals surface area contributed by atoms with E-state index in [2.05, 4.69) is 16.4 Å². The third kappa shape index (κ3) is 3.96. The number of ketones is 1. The molecule has 1 amide bonds. The van der Waals surface area contributed by atoms with Crippen molar-refractivity contribution in [2.45, 2.75) is 62.4 Å². The lowest BCUT2D eigenvalue weighted by molar-refractivity contribution is -0.119. The Bertz CT molecular complexity index is 690. The highest BCUT2D eigenvalue weighted by atomic mass is 32.2. The molecule has 1 aromatic heterocycles. The van der Waals surface area contributed by atoms with Crippen LogP contribution < -0.4 is 5.32 Å². The molecule has 6 heteroatoms. The molecule has 0 bridgehead atoms. The summed E-state index contributed by atoms with van der Waals surface area (Å²) in [6.45, 7) is 0. The van der Waals surface area contributed by atoms with E-state index in [-0.39, 0.29) is 23.5 Å². The summed E-state index contributed by atoms with van der Waals surface area (Å²) in [7, 11) is 0. The lowest BCUT2D eigenvalue weighted by atomic mass is 9.94. The maximum atomic E-state index is 12.1. The van der Waals surface area contributed by atoms with Crippen LogP contribution in [0.25, 0.3) is 0 Å². The van der Waals surface area contributed by atoms with Gasteiger partial charge in [-0.1, -0.05) is 31.0 Å². The van der Waals surface area contributed by atoms with Crippen LogP contribution in [0.3, 0.4) is 0 Å². The first-order valence-corrected chi connectivity index (χ1v) is 9.55. The molecule has 1 heterocycles. The molecule has 1 aromatic rings. The number of nitriles is 1. The lowest BCUT2D eigenvalue weighted by Gasteiger charge is -2.22. The fraction of sp³-hybridized carbons (Fsp3) is 0.556. The van der Waals surface area contributed by atoms with Crippen molar-refractivity contribution in [3.8, 4) is 6.07 Å². The molecule has 2 aliphatic carbocycles. The zero-order chi connectivity index (χ0) is 16.9. The Labute approximate surface area is 146 Å². The number of aryl methyl sites for hydroxylation is 1. The molecule has 0 atom stereocenters. The van der Waals surface area contributed by atoms with Gasteiger partial charge in [-0.25, -0.2) is 4.98 Å². The molecule has 3 rings (SSSR count). The molecular formula is C18H21N3O2S. The molecular weight excluding hydrogens is 322 g/mol. The zero-order valence-electron chi connectivity index (χ0n) is 13.6. The Balaban J connectivity index is 1.65. The first-order valence-electron chi connectivity index (χ1n) is 8.57. The van der Waals surface area contributed by atoms with E-state index in [0.717, 1.165) is 31.4 Å². The molecule has 2 aliphatic rings. The molecule has 0 spiro atoms. The van der Waals surface area contributed by atoms with Gasteiger partial charge in [0, 0.05) is 18.0 Å². The van der Waals surface area contributed by atoms with Crippen LogP contribution in [0.1, 0.15) is 66.6 Å². The fourth-order valence-electron chi connectivity index (χ4n) is 3.36. The summed E-state index contributed by atoms with van der Waals surface area (Å²) in [4.78, 5) is 28.6. The van der Waals surface area contributed by atoms with Crippen molar-refractivity contribution in [3.63, 3.8) is 0 Å². The Hall–Kier alpha value is -1.87. The maximum absolute atomic E-state index is 12.1. The van der Waals surface area contributed by atoms with Crippen LogP contribution in [0.4, 0.5) is 0 Å². The highest BCUT2D eigenvalue weighted by molar-refractivity contribution is 8.00. The minimum atomic E-state index is -0.00798. The molecule has 1 N–H and O–H groups in total. The second-order valence-electron chi connectivity index (χ2n) is 6.41. The molecule has 0 radical (unpaired) electrons. The number of fused-ring (bicyclic) bond motifs is 1. The number of carbonyl (C=O) groups excluding carboxylic acids is 2. The highest BCUT2D eigenvalue weighted by Crippen LogP contribution is 2.27. The lowest BCUT2D eigenvalue weighted by Crippen LogP contribution is -2.37. The van der Waals surface area contributed by atoms with Crippen LogP contribution >= 0.6 is 11.8 Å². The Morgan fingerprint density at radius 1 is 1.29 bits per heavy atom. The summed E-state index contributed by atoms with van der Waals surface area (Å²) >= 11 is 1.29. The van der Waals surface area contributed by atoms with E-state index in [1.54, 1.807) is 6.07 Å². The predicted octanol–water partition coefficient (Wildman–Crippen LogP) is 3.01. The van der Waals surface area contributed by atoms with Gasteiger partial charge in [0.05, 0.1) is 17.0 Å². The molecule has 0 saturated heterocycles. The maximum Gasteiger partial charge on any atom is 0.230 e. The second-order valence-corrected chi connectivity index (χ2v) is 7.38. The van der Waals surface area contributed by atoms with Crippen molar-refractivity contribution in [1.82, 2.24) is 10.3 Å². The van der Waals surface area contributed by atoms with E-state index < -0.39 is 0 Å². The van der Waals surface area contributed by atoms with Crippen molar-refractivity contribution in [2.24, 2.45) is 0 Å². The van der Waals surface area contributed by atoms with Gasteiger partial charge in [-0.15, -0.1) is 0 Å². The van der Waals surface area contributed by atoms with Gasteiger partial charge in [0.15, 0.2) is 5.78 Å². The number of nitrogens with one attached hydrogen (secondary N) is 1. The number of aromatic nitrogens is 1. The Kier molecular flexibility index (Phi) is 5.52. The van der Waals surface area contributed by atoms with Crippen LogP contribution in [0.2, 0.25) is 0 Å². The van der Waals surface area contributed by atoms with E-state index in [1.165, 1.54) is 31.0 Å². The second kappa shape index (κ2) is 7.80. The van der Waals surface area contributed by atoms with Crippen molar-refractivity contribution >= 4 is 23.5 Å². The van der Waals surface area contributed by atoms with Gasteiger partial charge in [0.2, 0.25) is 5.91 Å². The third-order valence-electron chi connectivity index (χ3n) is 4.62.